The minimum atomic E-state index is 0.189. The average molecular weight is 486 g/mol. The molecule has 0 aromatic heterocycles. The molecule has 1 aliphatic carbocycles. The lowest BCUT2D eigenvalue weighted by atomic mass is 9.86. The van der Waals surface area contributed by atoms with Crippen LogP contribution >= 0.6 is 23.2 Å². The molecule has 0 radical (unpaired) electrons. The van der Waals surface area contributed by atoms with Gasteiger partial charge in [-0.15, -0.1) is 0 Å². The third kappa shape index (κ3) is 5.03. The summed E-state index contributed by atoms with van der Waals surface area (Å²) in [5, 5.41) is 1.47. The van der Waals surface area contributed by atoms with Gasteiger partial charge in [0.1, 0.15) is 0 Å². The Labute approximate surface area is 207 Å². The Morgan fingerprint density at radius 1 is 0.879 bits per heavy atom. The molecule has 2 heterocycles. The van der Waals surface area contributed by atoms with Gasteiger partial charge in [-0.25, -0.2) is 0 Å². The first kappa shape index (κ1) is 23.0. The molecule has 1 saturated heterocycles. The molecule has 1 saturated carbocycles. The normalized spacial score (nSPS) is 22.3. The van der Waals surface area contributed by atoms with E-state index in [4.69, 9.17) is 23.2 Å². The third-order valence-corrected chi connectivity index (χ3v) is 8.20. The van der Waals surface area contributed by atoms with E-state index in [1.807, 2.05) is 18.2 Å². The Morgan fingerprint density at radius 2 is 1.64 bits per heavy atom. The topological polar surface area (TPSA) is 26.8 Å². The average Bonchev–Trinajstić information content (AvgIpc) is 2.86. The van der Waals surface area contributed by atoms with Gasteiger partial charge in [0.2, 0.25) is 5.91 Å². The van der Waals surface area contributed by atoms with Crippen LogP contribution in [0.2, 0.25) is 10.0 Å². The highest BCUT2D eigenvalue weighted by atomic mass is 35.5. The highest BCUT2D eigenvalue weighted by molar-refractivity contribution is 6.35. The lowest BCUT2D eigenvalue weighted by Gasteiger charge is -2.44. The number of anilines is 2. The Bertz CT molecular complexity index is 983. The van der Waals surface area contributed by atoms with Crippen LogP contribution in [0.3, 0.4) is 0 Å². The van der Waals surface area contributed by atoms with Crippen molar-refractivity contribution in [1.82, 2.24) is 4.90 Å². The van der Waals surface area contributed by atoms with E-state index in [2.05, 4.69) is 39.0 Å². The fourth-order valence-corrected chi connectivity index (χ4v) is 6.22. The van der Waals surface area contributed by atoms with Gasteiger partial charge in [-0.3, -0.25) is 9.69 Å². The van der Waals surface area contributed by atoms with Crippen molar-refractivity contribution in [2.45, 2.75) is 51.0 Å². The quantitative estimate of drug-likeness (QED) is 0.527. The second kappa shape index (κ2) is 10.2. The van der Waals surface area contributed by atoms with Gasteiger partial charge in [0.05, 0.1) is 10.7 Å². The lowest BCUT2D eigenvalue weighted by Crippen LogP contribution is -2.55. The number of hydrogen-bond acceptors (Lipinski definition) is 3. The largest absolute Gasteiger partial charge is 0.368 e. The molecule has 1 amide bonds. The Hall–Kier alpha value is -1.75. The zero-order chi connectivity index (χ0) is 22.8. The Kier molecular flexibility index (Phi) is 7.15. The van der Waals surface area contributed by atoms with E-state index in [9.17, 15) is 4.79 Å². The second-order valence-electron chi connectivity index (χ2n) is 9.75. The first-order chi connectivity index (χ1) is 16.1. The van der Waals surface area contributed by atoms with Crippen LogP contribution in [0.15, 0.2) is 42.5 Å². The predicted molar refractivity (Wildman–Crippen MR) is 138 cm³/mol. The number of benzene rings is 2. The van der Waals surface area contributed by atoms with Gasteiger partial charge in [0.15, 0.2) is 0 Å². The number of carbonyl (C=O) groups is 1. The Morgan fingerprint density at radius 3 is 2.42 bits per heavy atom. The van der Waals surface area contributed by atoms with E-state index in [1.165, 1.54) is 24.8 Å². The van der Waals surface area contributed by atoms with E-state index in [-0.39, 0.29) is 12.0 Å². The van der Waals surface area contributed by atoms with Gasteiger partial charge in [-0.2, -0.15) is 0 Å². The van der Waals surface area contributed by atoms with Gasteiger partial charge in [0.25, 0.3) is 0 Å². The number of hydrogen-bond donors (Lipinski definition) is 0. The standard InChI is InChI=1S/C27H33Cl2N3O/c28-22-11-13-24(29)26(18-22)31-16-14-30(15-17-31)19-23-12-10-20-6-4-5-9-25(20)32(23)27(33)21-7-2-1-3-8-21/h4-6,9,11,13,18,21,23H,1-3,7-8,10,12,14-17,19H2. The van der Waals surface area contributed by atoms with Crippen LogP contribution in [0.4, 0.5) is 11.4 Å². The fourth-order valence-electron chi connectivity index (χ4n) is 5.82. The molecule has 0 N–H and O–H groups in total. The number of nitrogens with zero attached hydrogens (tertiary/aromatic N) is 3. The molecule has 2 fully saturated rings. The number of rotatable bonds is 4. The van der Waals surface area contributed by atoms with E-state index >= 15 is 0 Å². The third-order valence-electron chi connectivity index (χ3n) is 7.65. The first-order valence-electron chi connectivity index (χ1n) is 12.4. The van der Waals surface area contributed by atoms with Crippen molar-refractivity contribution in [2.24, 2.45) is 5.92 Å². The van der Waals surface area contributed by atoms with Crippen molar-refractivity contribution in [3.63, 3.8) is 0 Å². The zero-order valence-corrected chi connectivity index (χ0v) is 20.7. The maximum Gasteiger partial charge on any atom is 0.230 e. The van der Waals surface area contributed by atoms with Crippen molar-refractivity contribution in [3.05, 3.63) is 58.1 Å². The molecule has 2 aromatic rings. The van der Waals surface area contributed by atoms with Crippen LogP contribution < -0.4 is 9.80 Å². The molecule has 2 aliphatic heterocycles. The van der Waals surface area contributed by atoms with Crippen LogP contribution in [0.5, 0.6) is 0 Å². The molecule has 3 aliphatic rings. The smallest absolute Gasteiger partial charge is 0.230 e. The van der Waals surface area contributed by atoms with Crippen LogP contribution in [-0.4, -0.2) is 49.6 Å². The molecule has 6 heteroatoms. The summed E-state index contributed by atoms with van der Waals surface area (Å²) < 4.78 is 0. The summed E-state index contributed by atoms with van der Waals surface area (Å²) in [4.78, 5) is 20.8. The Balaban J connectivity index is 1.29. The molecule has 0 spiro atoms. The zero-order valence-electron chi connectivity index (χ0n) is 19.2. The SMILES string of the molecule is O=C(C1CCCCC1)N1c2ccccc2CCC1CN1CCN(c2cc(Cl)ccc2Cl)CC1. The fraction of sp³-hybridized carbons (Fsp3) is 0.519. The summed E-state index contributed by atoms with van der Waals surface area (Å²) in [5.74, 6) is 0.547. The molecule has 2 aromatic carbocycles. The van der Waals surface area contributed by atoms with Crippen LogP contribution in [0.25, 0.3) is 0 Å². The summed E-state index contributed by atoms with van der Waals surface area (Å²) in [6, 6.07) is 14.4. The second-order valence-corrected chi connectivity index (χ2v) is 10.6. The van der Waals surface area contributed by atoms with Crippen LogP contribution in [0, 0.1) is 5.92 Å². The van der Waals surface area contributed by atoms with Crippen molar-refractivity contribution >= 4 is 40.5 Å². The summed E-state index contributed by atoms with van der Waals surface area (Å²) in [6.45, 7) is 4.70. The molecule has 176 valence electrons. The van der Waals surface area contributed by atoms with Crippen molar-refractivity contribution in [2.75, 3.05) is 42.5 Å². The van der Waals surface area contributed by atoms with Crippen molar-refractivity contribution in [1.29, 1.82) is 0 Å². The highest BCUT2D eigenvalue weighted by Crippen LogP contribution is 2.36. The van der Waals surface area contributed by atoms with Gasteiger partial charge in [0, 0.05) is 55.4 Å². The number of para-hydroxylation sites is 1. The highest BCUT2D eigenvalue weighted by Gasteiger charge is 2.36. The van der Waals surface area contributed by atoms with Gasteiger partial charge >= 0.3 is 0 Å². The molecule has 1 atom stereocenters. The maximum atomic E-state index is 13.7. The maximum absolute atomic E-state index is 13.7. The van der Waals surface area contributed by atoms with Gasteiger partial charge < -0.3 is 9.80 Å². The number of fused-ring (bicyclic) bond motifs is 1. The number of amides is 1. The monoisotopic (exact) mass is 485 g/mol. The number of piperazine rings is 1. The molecule has 4 nitrogen and oxygen atoms in total. The van der Waals surface area contributed by atoms with Gasteiger partial charge in [-0.05, 0) is 55.5 Å². The molecule has 5 rings (SSSR count). The van der Waals surface area contributed by atoms with E-state index in [0.717, 1.165) is 79.8 Å². The molecule has 1 unspecified atom stereocenters. The number of aryl methyl sites for hydroxylation is 1. The van der Waals surface area contributed by atoms with Crippen LogP contribution in [-0.2, 0) is 11.2 Å². The predicted octanol–water partition coefficient (Wildman–Crippen LogP) is 6.04. The first-order valence-corrected chi connectivity index (χ1v) is 13.2. The minimum absolute atomic E-state index is 0.189. The molecular formula is C27H33Cl2N3O. The lowest BCUT2D eigenvalue weighted by molar-refractivity contribution is -0.124. The molecule has 33 heavy (non-hydrogen) atoms. The summed E-state index contributed by atoms with van der Waals surface area (Å²) in [7, 11) is 0. The van der Waals surface area contributed by atoms with E-state index in [0.29, 0.717) is 5.91 Å². The van der Waals surface area contributed by atoms with Crippen molar-refractivity contribution < 1.29 is 4.79 Å². The van der Waals surface area contributed by atoms with Gasteiger partial charge in [-0.1, -0.05) is 60.7 Å². The van der Waals surface area contributed by atoms with Crippen LogP contribution in [0.1, 0.15) is 44.1 Å². The van der Waals surface area contributed by atoms with E-state index < -0.39 is 0 Å². The molecular weight excluding hydrogens is 453 g/mol. The minimum Gasteiger partial charge on any atom is -0.368 e. The summed E-state index contributed by atoms with van der Waals surface area (Å²) in [5.41, 5.74) is 3.48. The summed E-state index contributed by atoms with van der Waals surface area (Å²) in [6.07, 6.45) is 7.82. The summed E-state index contributed by atoms with van der Waals surface area (Å²) >= 11 is 12.7. The van der Waals surface area contributed by atoms with Crippen molar-refractivity contribution in [3.8, 4) is 0 Å². The molecule has 0 bridgehead atoms. The number of halogens is 2. The number of carbonyl (C=O) groups excluding carboxylic acids is 1. The van der Waals surface area contributed by atoms with E-state index in [1.54, 1.807) is 0 Å².